The number of rotatable bonds is 0. The Balaban J connectivity index is 2.04. The fourth-order valence-corrected chi connectivity index (χ4v) is 2.69. The second kappa shape index (κ2) is 3.41. The minimum absolute atomic E-state index is 0.363. The molecule has 0 radical (unpaired) electrons. The third-order valence-corrected chi connectivity index (χ3v) is 3.53. The van der Waals surface area contributed by atoms with Gasteiger partial charge in [-0.05, 0) is 12.1 Å². The lowest BCUT2D eigenvalue weighted by Gasteiger charge is -2.19. The lowest BCUT2D eigenvalue weighted by molar-refractivity contribution is 0.161. The fourth-order valence-electron chi connectivity index (χ4n) is 2.69. The topological polar surface area (TPSA) is 54.7 Å². The Bertz CT molecular complexity index is 771. The lowest BCUT2D eigenvalue weighted by Crippen LogP contribution is -2.25. The molecule has 0 saturated carbocycles. The van der Waals surface area contributed by atoms with Gasteiger partial charge in [0, 0.05) is 23.3 Å². The minimum Gasteiger partial charge on any atom is -0.465 e. The molecule has 5 heteroatoms. The molecule has 94 valence electrons. The summed E-state index contributed by atoms with van der Waals surface area (Å²) in [5.41, 5.74) is 3.02. The van der Waals surface area contributed by atoms with Crippen LogP contribution in [-0.2, 0) is 6.54 Å². The van der Waals surface area contributed by atoms with Crippen LogP contribution in [0, 0.1) is 0 Å². The molecule has 1 aromatic heterocycles. The van der Waals surface area contributed by atoms with Crippen molar-refractivity contribution in [3.63, 3.8) is 0 Å². The van der Waals surface area contributed by atoms with Gasteiger partial charge in [-0.1, -0.05) is 12.1 Å². The van der Waals surface area contributed by atoms with Crippen LogP contribution in [0.3, 0.4) is 0 Å². The quantitative estimate of drug-likeness (QED) is 0.786. The molecule has 1 aromatic carbocycles. The predicted molar refractivity (Wildman–Crippen MR) is 70.5 cm³/mol. The summed E-state index contributed by atoms with van der Waals surface area (Å²) in [5.74, 6) is 0.796. The number of para-hydroxylation sites is 1. The van der Waals surface area contributed by atoms with Gasteiger partial charge in [-0.3, -0.25) is 4.90 Å². The van der Waals surface area contributed by atoms with Crippen molar-refractivity contribution in [2.75, 3.05) is 0 Å². The largest absolute Gasteiger partial charge is 0.465 e. The molecular weight excluding hydrogens is 244 g/mol. The molecule has 0 saturated heterocycles. The van der Waals surface area contributed by atoms with E-state index < -0.39 is 6.09 Å². The van der Waals surface area contributed by atoms with Crippen molar-refractivity contribution >= 4 is 29.3 Å². The first kappa shape index (κ1) is 10.3. The van der Waals surface area contributed by atoms with E-state index in [1.54, 1.807) is 12.5 Å². The van der Waals surface area contributed by atoms with Crippen LogP contribution in [0.5, 0.6) is 5.75 Å². The monoisotopic (exact) mass is 254 g/mol. The van der Waals surface area contributed by atoms with Gasteiger partial charge in [0.05, 0.1) is 17.8 Å². The van der Waals surface area contributed by atoms with Crippen molar-refractivity contribution < 1.29 is 14.6 Å². The molecule has 19 heavy (non-hydrogen) atoms. The van der Waals surface area contributed by atoms with Gasteiger partial charge in [0.2, 0.25) is 0 Å². The van der Waals surface area contributed by atoms with E-state index in [1.807, 2.05) is 35.0 Å². The number of carbonyl (C=O) groups is 1. The molecule has 0 unspecified atom stereocenters. The summed E-state index contributed by atoms with van der Waals surface area (Å²) in [6.45, 7) is 0.363. The van der Waals surface area contributed by atoms with Crippen molar-refractivity contribution in [1.29, 1.82) is 0 Å². The SMILES string of the molecule is O=C(O)N1C=Cc2c(c3cccc4c3n2C=CO4)C1. The molecule has 0 spiro atoms. The molecule has 3 heterocycles. The Morgan fingerprint density at radius 3 is 3.05 bits per heavy atom. The van der Waals surface area contributed by atoms with E-state index in [1.165, 1.54) is 4.90 Å². The Morgan fingerprint density at radius 1 is 1.32 bits per heavy atom. The maximum Gasteiger partial charge on any atom is 0.411 e. The van der Waals surface area contributed by atoms with Gasteiger partial charge in [-0.2, -0.15) is 0 Å². The number of ether oxygens (including phenoxy) is 1. The highest BCUT2D eigenvalue weighted by atomic mass is 16.5. The van der Waals surface area contributed by atoms with Crippen LogP contribution in [0.15, 0.2) is 30.7 Å². The zero-order valence-corrected chi connectivity index (χ0v) is 9.91. The number of hydrogen-bond donors (Lipinski definition) is 1. The third-order valence-electron chi connectivity index (χ3n) is 3.53. The highest BCUT2D eigenvalue weighted by molar-refractivity contribution is 5.95. The van der Waals surface area contributed by atoms with Crippen molar-refractivity contribution in [2.45, 2.75) is 6.54 Å². The van der Waals surface area contributed by atoms with Gasteiger partial charge >= 0.3 is 6.09 Å². The van der Waals surface area contributed by atoms with Crippen molar-refractivity contribution in [1.82, 2.24) is 9.47 Å². The molecule has 0 fully saturated rings. The van der Waals surface area contributed by atoms with Crippen LogP contribution in [0.1, 0.15) is 11.3 Å². The number of hydrogen-bond acceptors (Lipinski definition) is 2. The molecule has 1 N–H and O–H groups in total. The molecule has 0 bridgehead atoms. The Hall–Kier alpha value is -2.69. The lowest BCUT2D eigenvalue weighted by atomic mass is 10.1. The van der Waals surface area contributed by atoms with Crippen LogP contribution in [0.2, 0.25) is 0 Å². The minimum atomic E-state index is -0.944. The van der Waals surface area contributed by atoms with Crippen LogP contribution >= 0.6 is 0 Å². The van der Waals surface area contributed by atoms with Gasteiger partial charge < -0.3 is 14.4 Å². The van der Waals surface area contributed by atoms with Crippen molar-refractivity contribution in [3.8, 4) is 5.75 Å². The Kier molecular flexibility index (Phi) is 1.84. The van der Waals surface area contributed by atoms with E-state index in [9.17, 15) is 4.79 Å². The highest BCUT2D eigenvalue weighted by Crippen LogP contribution is 2.38. The van der Waals surface area contributed by atoms with Crippen LogP contribution in [-0.4, -0.2) is 20.7 Å². The number of aromatic nitrogens is 1. The predicted octanol–water partition coefficient (Wildman–Crippen LogP) is 2.93. The third kappa shape index (κ3) is 1.26. The van der Waals surface area contributed by atoms with Gasteiger partial charge in [-0.15, -0.1) is 0 Å². The highest BCUT2D eigenvalue weighted by Gasteiger charge is 2.24. The maximum atomic E-state index is 11.1. The van der Waals surface area contributed by atoms with Crippen LogP contribution in [0.25, 0.3) is 23.2 Å². The molecule has 5 nitrogen and oxygen atoms in total. The number of nitrogens with zero attached hydrogens (tertiary/aromatic N) is 2. The molecule has 0 atom stereocenters. The Morgan fingerprint density at radius 2 is 2.21 bits per heavy atom. The molecule has 2 aliphatic heterocycles. The number of amides is 1. The molecule has 2 aliphatic rings. The van der Waals surface area contributed by atoms with E-state index in [-0.39, 0.29) is 0 Å². The van der Waals surface area contributed by atoms with E-state index in [2.05, 4.69) is 0 Å². The average molecular weight is 254 g/mol. The summed E-state index contributed by atoms with van der Waals surface area (Å²) in [4.78, 5) is 12.4. The summed E-state index contributed by atoms with van der Waals surface area (Å²) < 4.78 is 7.53. The zero-order chi connectivity index (χ0) is 13.0. The zero-order valence-electron chi connectivity index (χ0n) is 9.91. The van der Waals surface area contributed by atoms with Crippen molar-refractivity contribution in [3.05, 3.63) is 41.9 Å². The fraction of sp³-hybridized carbons (Fsp3) is 0.0714. The molecule has 2 aromatic rings. The summed E-state index contributed by atoms with van der Waals surface area (Å²) >= 11 is 0. The first-order chi connectivity index (χ1) is 9.25. The Labute approximate surface area is 108 Å². The van der Waals surface area contributed by atoms with Gasteiger partial charge in [0.25, 0.3) is 0 Å². The molecule has 1 amide bonds. The first-order valence-electron chi connectivity index (χ1n) is 5.92. The summed E-state index contributed by atoms with van der Waals surface area (Å²) in [6, 6.07) is 5.83. The normalized spacial score (nSPS) is 15.5. The maximum absolute atomic E-state index is 11.1. The smallest absolute Gasteiger partial charge is 0.411 e. The number of fused-ring (bicyclic) bond motifs is 3. The second-order valence-corrected chi connectivity index (χ2v) is 4.52. The van der Waals surface area contributed by atoms with Crippen LogP contribution in [0.4, 0.5) is 4.79 Å². The van der Waals surface area contributed by atoms with Crippen LogP contribution < -0.4 is 4.74 Å². The van der Waals surface area contributed by atoms with E-state index in [0.717, 1.165) is 27.9 Å². The summed E-state index contributed by atoms with van der Waals surface area (Å²) in [7, 11) is 0. The van der Waals surface area contributed by atoms with E-state index in [4.69, 9.17) is 9.84 Å². The standard InChI is InChI=1S/C14H10N2O3/c17-14(18)15-5-4-11-10(8-15)9-2-1-3-12-13(9)16(11)6-7-19-12/h1-7H,8H2,(H,17,18). The van der Waals surface area contributed by atoms with Gasteiger partial charge in [-0.25, -0.2) is 4.79 Å². The van der Waals surface area contributed by atoms with E-state index in [0.29, 0.717) is 6.54 Å². The van der Waals surface area contributed by atoms with E-state index >= 15 is 0 Å². The van der Waals surface area contributed by atoms with Gasteiger partial charge in [0.15, 0.2) is 5.75 Å². The molecule has 4 rings (SSSR count). The first-order valence-corrected chi connectivity index (χ1v) is 5.92. The molecule has 0 aliphatic carbocycles. The average Bonchev–Trinajstić information content (AvgIpc) is 2.76. The summed E-state index contributed by atoms with van der Waals surface area (Å²) in [5, 5.41) is 10.1. The molecular formula is C14H10N2O3. The van der Waals surface area contributed by atoms with Crippen molar-refractivity contribution in [2.24, 2.45) is 0 Å². The number of carboxylic acid groups (broad SMARTS) is 1. The van der Waals surface area contributed by atoms with Gasteiger partial charge in [0.1, 0.15) is 6.26 Å². The second-order valence-electron chi connectivity index (χ2n) is 4.52. The summed E-state index contributed by atoms with van der Waals surface area (Å²) in [6.07, 6.45) is 5.97. The number of benzene rings is 1.